The Bertz CT molecular complexity index is 457. The lowest BCUT2D eigenvalue weighted by Gasteiger charge is -2.17. The van der Waals surface area contributed by atoms with E-state index < -0.39 is 18.3 Å². The Morgan fingerprint density at radius 3 is 2.50 bits per heavy atom. The van der Waals surface area contributed by atoms with Gasteiger partial charge >= 0.3 is 6.61 Å². The van der Waals surface area contributed by atoms with Gasteiger partial charge in [-0.3, -0.25) is 9.63 Å². The molecule has 0 unspecified atom stereocenters. The smallest absolute Gasteiger partial charge is 0.387 e. The molecule has 0 fully saturated rings. The number of nitrogens with zero attached hydrogens (tertiary/aromatic N) is 1. The predicted molar refractivity (Wildman–Crippen MR) is 62.2 cm³/mol. The molecule has 0 spiro atoms. The van der Waals surface area contributed by atoms with Crippen molar-refractivity contribution >= 4 is 29.1 Å². The Labute approximate surface area is 112 Å². The number of halogens is 4. The summed E-state index contributed by atoms with van der Waals surface area (Å²) >= 11 is 11.4. The third-order valence-corrected chi connectivity index (χ3v) is 2.50. The third-order valence-electron chi connectivity index (χ3n) is 2.01. The van der Waals surface area contributed by atoms with Gasteiger partial charge in [0.1, 0.15) is 0 Å². The van der Waals surface area contributed by atoms with Crippen molar-refractivity contribution in [1.29, 1.82) is 0 Å². The van der Waals surface area contributed by atoms with E-state index >= 15 is 0 Å². The topological polar surface area (TPSA) is 38.8 Å². The maximum absolute atomic E-state index is 12.3. The molecule has 0 aliphatic heterocycles. The van der Waals surface area contributed by atoms with Crippen molar-refractivity contribution in [3.63, 3.8) is 0 Å². The van der Waals surface area contributed by atoms with Crippen molar-refractivity contribution in [3.8, 4) is 5.75 Å². The highest BCUT2D eigenvalue weighted by molar-refractivity contribution is 6.36. The van der Waals surface area contributed by atoms with Crippen LogP contribution in [0.4, 0.5) is 8.78 Å². The van der Waals surface area contributed by atoms with Crippen LogP contribution in [0.1, 0.15) is 10.4 Å². The number of carbonyl (C=O) groups is 1. The molecule has 1 aromatic rings. The minimum absolute atomic E-state index is 0.120. The molecule has 0 saturated carbocycles. The number of ether oxygens (including phenoxy) is 1. The van der Waals surface area contributed by atoms with Gasteiger partial charge in [-0.05, 0) is 12.1 Å². The molecule has 1 aromatic carbocycles. The van der Waals surface area contributed by atoms with Gasteiger partial charge in [-0.25, -0.2) is 5.06 Å². The van der Waals surface area contributed by atoms with E-state index in [1.807, 2.05) is 0 Å². The van der Waals surface area contributed by atoms with E-state index in [0.717, 1.165) is 5.06 Å². The van der Waals surface area contributed by atoms with Gasteiger partial charge < -0.3 is 4.74 Å². The highest BCUT2D eigenvalue weighted by Gasteiger charge is 2.22. The van der Waals surface area contributed by atoms with Gasteiger partial charge in [-0.1, -0.05) is 23.2 Å². The lowest BCUT2D eigenvalue weighted by atomic mass is 10.2. The first kappa shape index (κ1) is 14.9. The van der Waals surface area contributed by atoms with Crippen LogP contribution in [0.25, 0.3) is 0 Å². The molecule has 4 nitrogen and oxygen atoms in total. The summed E-state index contributed by atoms with van der Waals surface area (Å²) in [6, 6.07) is 2.37. The number of alkyl halides is 2. The molecule has 0 radical (unpaired) electrons. The zero-order chi connectivity index (χ0) is 13.9. The quantitative estimate of drug-likeness (QED) is 0.801. The van der Waals surface area contributed by atoms with E-state index in [2.05, 4.69) is 9.57 Å². The minimum atomic E-state index is -3.11. The molecule has 1 rings (SSSR count). The monoisotopic (exact) mass is 299 g/mol. The zero-order valence-electron chi connectivity index (χ0n) is 9.42. The Morgan fingerprint density at radius 1 is 1.39 bits per heavy atom. The van der Waals surface area contributed by atoms with Gasteiger partial charge in [0.25, 0.3) is 5.91 Å². The molecular formula is C10H9Cl2F2NO3. The SMILES string of the molecule is CON(C)C(=O)c1cc(Cl)cc(Cl)c1OC(F)F. The van der Waals surface area contributed by atoms with E-state index in [9.17, 15) is 13.6 Å². The van der Waals surface area contributed by atoms with E-state index in [1.165, 1.54) is 26.3 Å². The number of rotatable bonds is 4. The first-order valence-electron chi connectivity index (χ1n) is 4.62. The molecule has 1 amide bonds. The second kappa shape index (κ2) is 6.17. The van der Waals surface area contributed by atoms with Crippen molar-refractivity contribution in [3.05, 3.63) is 27.7 Å². The molecule has 18 heavy (non-hydrogen) atoms. The van der Waals surface area contributed by atoms with Crippen molar-refractivity contribution in [1.82, 2.24) is 5.06 Å². The molecule has 0 bridgehead atoms. The molecule has 0 aliphatic carbocycles. The molecule has 8 heteroatoms. The van der Waals surface area contributed by atoms with Crippen molar-refractivity contribution in [2.75, 3.05) is 14.2 Å². The fraction of sp³-hybridized carbons (Fsp3) is 0.300. The van der Waals surface area contributed by atoms with Crippen LogP contribution in [0, 0.1) is 0 Å². The number of hydrogen-bond acceptors (Lipinski definition) is 3. The van der Waals surface area contributed by atoms with Gasteiger partial charge in [0.05, 0.1) is 17.7 Å². The number of hydroxylamine groups is 2. The summed E-state index contributed by atoms with van der Waals surface area (Å²) in [5.41, 5.74) is -0.211. The lowest BCUT2D eigenvalue weighted by Crippen LogP contribution is -2.26. The van der Waals surface area contributed by atoms with E-state index in [-0.39, 0.29) is 15.6 Å². The summed E-state index contributed by atoms with van der Waals surface area (Å²) in [7, 11) is 2.56. The molecule has 100 valence electrons. The van der Waals surface area contributed by atoms with Crippen LogP contribution in [-0.4, -0.2) is 31.7 Å². The summed E-state index contributed by atoms with van der Waals surface area (Å²) in [6.45, 7) is -3.11. The average Bonchev–Trinajstić information content (AvgIpc) is 2.29. The normalized spacial score (nSPS) is 10.6. The summed E-state index contributed by atoms with van der Waals surface area (Å²) < 4.78 is 28.7. The van der Waals surface area contributed by atoms with Gasteiger partial charge in [0.15, 0.2) is 5.75 Å². The number of carbonyl (C=O) groups excluding carboxylic acids is 1. The fourth-order valence-electron chi connectivity index (χ4n) is 1.18. The van der Waals surface area contributed by atoms with Crippen molar-refractivity contribution in [2.45, 2.75) is 6.61 Å². The maximum Gasteiger partial charge on any atom is 0.387 e. The van der Waals surface area contributed by atoms with Crippen LogP contribution in [0.2, 0.25) is 10.0 Å². The van der Waals surface area contributed by atoms with Gasteiger partial charge in [-0.15, -0.1) is 0 Å². The van der Waals surface area contributed by atoms with Crippen LogP contribution in [0.3, 0.4) is 0 Å². The van der Waals surface area contributed by atoms with E-state index in [4.69, 9.17) is 23.2 Å². The maximum atomic E-state index is 12.3. The molecular weight excluding hydrogens is 291 g/mol. The Balaban J connectivity index is 3.27. The first-order valence-corrected chi connectivity index (χ1v) is 5.38. The fourth-order valence-corrected chi connectivity index (χ4v) is 1.72. The number of hydrogen-bond donors (Lipinski definition) is 0. The minimum Gasteiger partial charge on any atom is -0.432 e. The Hall–Kier alpha value is -1.11. The van der Waals surface area contributed by atoms with Gasteiger partial charge in [0.2, 0.25) is 0 Å². The largest absolute Gasteiger partial charge is 0.432 e. The molecule has 0 aliphatic rings. The second-order valence-electron chi connectivity index (χ2n) is 3.13. The van der Waals surface area contributed by atoms with Crippen molar-refractivity contribution in [2.24, 2.45) is 0 Å². The van der Waals surface area contributed by atoms with Crippen LogP contribution >= 0.6 is 23.2 Å². The second-order valence-corrected chi connectivity index (χ2v) is 3.97. The number of benzene rings is 1. The standard InChI is InChI=1S/C10H9Cl2F2NO3/c1-15(17-2)9(16)6-3-5(11)4-7(12)8(6)18-10(13)14/h3-4,10H,1-2H3. The summed E-state index contributed by atoms with van der Waals surface area (Å²) in [5, 5.41) is 0.769. The lowest BCUT2D eigenvalue weighted by molar-refractivity contribution is -0.0771. The third kappa shape index (κ3) is 3.44. The molecule has 0 aromatic heterocycles. The van der Waals surface area contributed by atoms with Crippen LogP contribution in [-0.2, 0) is 4.84 Å². The Morgan fingerprint density at radius 2 is 2.00 bits per heavy atom. The summed E-state index contributed by atoms with van der Waals surface area (Å²) in [6.07, 6.45) is 0. The van der Waals surface area contributed by atoms with Gasteiger partial charge in [-0.2, -0.15) is 8.78 Å². The summed E-state index contributed by atoms with van der Waals surface area (Å²) in [4.78, 5) is 16.5. The predicted octanol–water partition coefficient (Wildman–Crippen LogP) is 3.23. The van der Waals surface area contributed by atoms with Crippen LogP contribution in [0.15, 0.2) is 12.1 Å². The molecule has 0 heterocycles. The highest BCUT2D eigenvalue weighted by Crippen LogP contribution is 2.34. The molecule has 0 atom stereocenters. The van der Waals surface area contributed by atoms with E-state index in [1.54, 1.807) is 0 Å². The van der Waals surface area contributed by atoms with Gasteiger partial charge in [0, 0.05) is 12.1 Å². The molecule has 0 saturated heterocycles. The van der Waals surface area contributed by atoms with Crippen LogP contribution in [0.5, 0.6) is 5.75 Å². The van der Waals surface area contributed by atoms with Crippen LogP contribution < -0.4 is 4.74 Å². The van der Waals surface area contributed by atoms with Crippen molar-refractivity contribution < 1.29 is 23.1 Å². The molecule has 0 N–H and O–H groups in total. The first-order chi connectivity index (χ1) is 8.36. The zero-order valence-corrected chi connectivity index (χ0v) is 10.9. The number of amides is 1. The Kier molecular flexibility index (Phi) is 5.13. The summed E-state index contributed by atoms with van der Waals surface area (Å²) in [5.74, 6) is -1.15. The highest BCUT2D eigenvalue weighted by atomic mass is 35.5. The van der Waals surface area contributed by atoms with E-state index in [0.29, 0.717) is 0 Å². The average molecular weight is 300 g/mol.